The van der Waals surface area contributed by atoms with Gasteiger partial charge in [0.2, 0.25) is 0 Å². The van der Waals surface area contributed by atoms with Crippen molar-refractivity contribution in [3.05, 3.63) is 28.8 Å². The smallest absolute Gasteiger partial charge is 0.342 e. The average molecular weight is 312 g/mol. The number of aromatic nitrogens is 1. The molecule has 2 rings (SSSR count). The summed E-state index contributed by atoms with van der Waals surface area (Å²) in [5, 5.41) is 1.57. The van der Waals surface area contributed by atoms with Crippen LogP contribution in [0.25, 0.3) is 10.9 Å². The predicted octanol–water partition coefficient (Wildman–Crippen LogP) is 3.80. The number of thioether (sulfide) groups is 1. The summed E-state index contributed by atoms with van der Waals surface area (Å²) in [7, 11) is 2.90. The van der Waals surface area contributed by atoms with Crippen LogP contribution in [0.2, 0.25) is 5.02 Å². The molecule has 0 amide bonds. The zero-order valence-corrected chi connectivity index (χ0v) is 13.0. The fourth-order valence-electron chi connectivity index (χ4n) is 1.89. The molecule has 0 bridgehead atoms. The van der Waals surface area contributed by atoms with Gasteiger partial charge in [-0.2, -0.15) is 0 Å². The molecule has 1 aromatic heterocycles. The molecule has 1 aromatic carbocycles. The zero-order valence-electron chi connectivity index (χ0n) is 11.4. The standard InChI is InChI=1S/C14H14ClNO3S/c1-4-20-13-10(14(17)19-3)11(15)8-6-5-7-9(18-2)12(8)16-13/h5-7H,4H2,1-3H3. The molecule has 1 heterocycles. The van der Waals surface area contributed by atoms with Crippen molar-refractivity contribution in [2.45, 2.75) is 11.9 Å². The SMILES string of the molecule is CCSc1nc2c(OC)cccc2c(Cl)c1C(=O)OC. The van der Waals surface area contributed by atoms with E-state index in [9.17, 15) is 4.79 Å². The summed E-state index contributed by atoms with van der Waals surface area (Å²) in [6.07, 6.45) is 0. The largest absolute Gasteiger partial charge is 0.494 e. The first-order valence-corrected chi connectivity index (χ1v) is 7.37. The molecule has 0 N–H and O–H groups in total. The average Bonchev–Trinajstić information content (AvgIpc) is 2.46. The van der Waals surface area contributed by atoms with Crippen LogP contribution in [0, 0.1) is 0 Å². The van der Waals surface area contributed by atoms with Gasteiger partial charge in [-0.15, -0.1) is 11.8 Å². The van der Waals surface area contributed by atoms with Gasteiger partial charge in [-0.3, -0.25) is 0 Å². The summed E-state index contributed by atoms with van der Waals surface area (Å²) < 4.78 is 10.1. The van der Waals surface area contributed by atoms with Crippen molar-refractivity contribution in [2.24, 2.45) is 0 Å². The van der Waals surface area contributed by atoms with Crippen LogP contribution in [0.4, 0.5) is 0 Å². The van der Waals surface area contributed by atoms with E-state index in [0.717, 1.165) is 5.75 Å². The molecule has 0 unspecified atom stereocenters. The number of halogens is 1. The molecule has 0 spiro atoms. The number of para-hydroxylation sites is 1. The van der Waals surface area contributed by atoms with Gasteiger partial charge in [0.1, 0.15) is 21.9 Å². The van der Waals surface area contributed by atoms with Crippen molar-refractivity contribution in [1.29, 1.82) is 0 Å². The minimum absolute atomic E-state index is 0.307. The molecular weight excluding hydrogens is 298 g/mol. The molecule has 0 aliphatic heterocycles. The lowest BCUT2D eigenvalue weighted by atomic mass is 10.1. The summed E-state index contributed by atoms with van der Waals surface area (Å²) in [5.74, 6) is 0.912. The highest BCUT2D eigenvalue weighted by atomic mass is 35.5. The molecule has 0 atom stereocenters. The lowest BCUT2D eigenvalue weighted by Crippen LogP contribution is -2.07. The first kappa shape index (κ1) is 14.9. The van der Waals surface area contributed by atoms with Gasteiger partial charge in [0.15, 0.2) is 0 Å². The lowest BCUT2D eigenvalue weighted by Gasteiger charge is -2.12. The van der Waals surface area contributed by atoms with Gasteiger partial charge in [-0.05, 0) is 11.8 Å². The number of esters is 1. The molecule has 0 aliphatic rings. The summed E-state index contributed by atoms with van der Waals surface area (Å²) >= 11 is 7.82. The molecule has 6 heteroatoms. The van der Waals surface area contributed by atoms with Crippen LogP contribution in [0.3, 0.4) is 0 Å². The van der Waals surface area contributed by atoms with Crippen molar-refractivity contribution in [3.63, 3.8) is 0 Å². The number of benzene rings is 1. The Morgan fingerprint density at radius 1 is 1.40 bits per heavy atom. The first-order valence-electron chi connectivity index (χ1n) is 6.01. The number of nitrogens with zero attached hydrogens (tertiary/aromatic N) is 1. The van der Waals surface area contributed by atoms with Gasteiger partial charge in [0, 0.05) is 5.39 Å². The van der Waals surface area contributed by atoms with E-state index < -0.39 is 5.97 Å². The third-order valence-corrected chi connectivity index (χ3v) is 4.02. The van der Waals surface area contributed by atoms with Gasteiger partial charge < -0.3 is 9.47 Å². The Hall–Kier alpha value is -1.46. The van der Waals surface area contributed by atoms with Crippen LogP contribution in [0.5, 0.6) is 5.75 Å². The van der Waals surface area contributed by atoms with Crippen molar-refractivity contribution >= 4 is 40.2 Å². The Morgan fingerprint density at radius 2 is 2.15 bits per heavy atom. The highest BCUT2D eigenvalue weighted by Gasteiger charge is 2.22. The molecule has 0 saturated carbocycles. The third-order valence-electron chi connectivity index (χ3n) is 2.77. The number of hydrogen-bond donors (Lipinski definition) is 0. The molecule has 20 heavy (non-hydrogen) atoms. The summed E-state index contributed by atoms with van der Waals surface area (Å²) in [4.78, 5) is 16.5. The van der Waals surface area contributed by atoms with Gasteiger partial charge in [0.25, 0.3) is 0 Å². The predicted molar refractivity (Wildman–Crippen MR) is 81.0 cm³/mol. The number of hydrogen-bond acceptors (Lipinski definition) is 5. The number of carbonyl (C=O) groups excluding carboxylic acids is 1. The number of fused-ring (bicyclic) bond motifs is 1. The molecule has 0 fully saturated rings. The van der Waals surface area contributed by atoms with Crippen LogP contribution in [-0.4, -0.2) is 30.9 Å². The fraction of sp³-hybridized carbons (Fsp3) is 0.286. The van der Waals surface area contributed by atoms with Gasteiger partial charge in [0.05, 0.1) is 19.2 Å². The second-order valence-corrected chi connectivity index (χ2v) is 5.52. The monoisotopic (exact) mass is 311 g/mol. The van der Waals surface area contributed by atoms with Crippen LogP contribution in [-0.2, 0) is 4.74 Å². The van der Waals surface area contributed by atoms with E-state index in [0.29, 0.717) is 32.3 Å². The normalized spacial score (nSPS) is 10.6. The molecule has 0 saturated heterocycles. The number of pyridine rings is 1. The maximum atomic E-state index is 11.9. The fourth-order valence-corrected chi connectivity index (χ4v) is 3.02. The van der Waals surface area contributed by atoms with Gasteiger partial charge in [-0.25, -0.2) is 9.78 Å². The van der Waals surface area contributed by atoms with Crippen LogP contribution in [0.1, 0.15) is 17.3 Å². The number of rotatable bonds is 4. The molecule has 2 aromatic rings. The Balaban J connectivity index is 2.81. The second kappa shape index (κ2) is 6.33. The van der Waals surface area contributed by atoms with Crippen LogP contribution < -0.4 is 4.74 Å². The Bertz CT molecular complexity index is 660. The van der Waals surface area contributed by atoms with Crippen molar-refractivity contribution in [1.82, 2.24) is 4.98 Å². The maximum absolute atomic E-state index is 11.9. The van der Waals surface area contributed by atoms with E-state index in [2.05, 4.69) is 4.98 Å². The van der Waals surface area contributed by atoms with E-state index in [1.807, 2.05) is 19.1 Å². The van der Waals surface area contributed by atoms with E-state index in [1.54, 1.807) is 13.2 Å². The van der Waals surface area contributed by atoms with Crippen molar-refractivity contribution in [3.8, 4) is 5.75 Å². The summed E-state index contributed by atoms with van der Waals surface area (Å²) in [6.45, 7) is 1.98. The van der Waals surface area contributed by atoms with Gasteiger partial charge in [-0.1, -0.05) is 30.7 Å². The lowest BCUT2D eigenvalue weighted by molar-refractivity contribution is 0.0596. The molecule has 0 aliphatic carbocycles. The molecule has 106 valence electrons. The highest BCUT2D eigenvalue weighted by Crippen LogP contribution is 2.36. The minimum Gasteiger partial charge on any atom is -0.494 e. The van der Waals surface area contributed by atoms with Crippen molar-refractivity contribution < 1.29 is 14.3 Å². The number of methoxy groups -OCH3 is 2. The second-order valence-electron chi connectivity index (χ2n) is 3.89. The zero-order chi connectivity index (χ0) is 14.7. The Labute approximate surface area is 126 Å². The maximum Gasteiger partial charge on any atom is 0.342 e. The quantitative estimate of drug-likeness (QED) is 0.635. The number of carbonyl (C=O) groups is 1. The minimum atomic E-state index is -0.483. The number of ether oxygens (including phenoxy) is 2. The van der Waals surface area contributed by atoms with Crippen LogP contribution in [0.15, 0.2) is 23.2 Å². The molecule has 0 radical (unpaired) electrons. The van der Waals surface area contributed by atoms with E-state index in [-0.39, 0.29) is 0 Å². The van der Waals surface area contributed by atoms with E-state index in [1.165, 1.54) is 18.9 Å². The Kier molecular flexibility index (Phi) is 4.73. The van der Waals surface area contributed by atoms with E-state index in [4.69, 9.17) is 21.1 Å². The highest BCUT2D eigenvalue weighted by molar-refractivity contribution is 7.99. The van der Waals surface area contributed by atoms with Crippen molar-refractivity contribution in [2.75, 3.05) is 20.0 Å². The van der Waals surface area contributed by atoms with E-state index >= 15 is 0 Å². The topological polar surface area (TPSA) is 48.4 Å². The summed E-state index contributed by atoms with van der Waals surface area (Å²) in [5.41, 5.74) is 0.949. The van der Waals surface area contributed by atoms with Crippen LogP contribution >= 0.6 is 23.4 Å². The first-order chi connectivity index (χ1) is 9.63. The Morgan fingerprint density at radius 3 is 2.75 bits per heavy atom. The molecule has 4 nitrogen and oxygen atoms in total. The third kappa shape index (κ3) is 2.55. The molecular formula is C14H14ClNO3S. The summed E-state index contributed by atoms with van der Waals surface area (Å²) in [6, 6.07) is 5.42. The van der Waals surface area contributed by atoms with Gasteiger partial charge >= 0.3 is 5.97 Å².